The Bertz CT molecular complexity index is 938. The molecule has 0 saturated heterocycles. The van der Waals surface area contributed by atoms with Crippen molar-refractivity contribution >= 4 is 35.0 Å². The van der Waals surface area contributed by atoms with Crippen molar-refractivity contribution in [1.29, 1.82) is 0 Å². The van der Waals surface area contributed by atoms with Gasteiger partial charge in [0.15, 0.2) is 6.10 Å². The first kappa shape index (κ1) is 20.2. The van der Waals surface area contributed by atoms with Crippen molar-refractivity contribution in [2.45, 2.75) is 13.0 Å². The third-order valence-electron chi connectivity index (χ3n) is 3.54. The van der Waals surface area contributed by atoms with E-state index in [2.05, 4.69) is 5.32 Å². The molecule has 0 spiro atoms. The number of benzene rings is 2. The molecule has 2 rings (SSSR count). The molecule has 1 atom stereocenters. The molecular formula is C18H15N3O7. The molecule has 0 fully saturated rings. The number of nitrogens with zero attached hydrogens (tertiary/aromatic N) is 2. The van der Waals surface area contributed by atoms with Crippen LogP contribution in [0.2, 0.25) is 0 Å². The Morgan fingerprint density at radius 2 is 1.68 bits per heavy atom. The average molecular weight is 385 g/mol. The number of carbonyl (C=O) groups is 2. The minimum Gasteiger partial charge on any atom is -0.449 e. The number of nitro benzene ring substituents is 2. The molecule has 10 nitrogen and oxygen atoms in total. The zero-order valence-corrected chi connectivity index (χ0v) is 14.6. The summed E-state index contributed by atoms with van der Waals surface area (Å²) < 4.78 is 4.95. The zero-order valence-electron chi connectivity index (χ0n) is 14.6. The Labute approximate surface area is 158 Å². The molecule has 28 heavy (non-hydrogen) atoms. The van der Waals surface area contributed by atoms with Crippen molar-refractivity contribution in [3.8, 4) is 0 Å². The molecule has 1 amide bonds. The maximum atomic E-state index is 12.1. The van der Waals surface area contributed by atoms with E-state index < -0.39 is 27.8 Å². The van der Waals surface area contributed by atoms with Crippen LogP contribution in [-0.4, -0.2) is 27.8 Å². The first-order valence-corrected chi connectivity index (χ1v) is 7.95. The second kappa shape index (κ2) is 9.03. The molecule has 2 aromatic carbocycles. The van der Waals surface area contributed by atoms with Crippen LogP contribution < -0.4 is 5.32 Å². The fraction of sp³-hybridized carbons (Fsp3) is 0.111. The van der Waals surface area contributed by atoms with Crippen LogP contribution in [0, 0.1) is 20.2 Å². The quantitative estimate of drug-likeness (QED) is 0.334. The van der Waals surface area contributed by atoms with Gasteiger partial charge in [0.25, 0.3) is 17.3 Å². The van der Waals surface area contributed by atoms with Crippen molar-refractivity contribution in [2.24, 2.45) is 0 Å². The lowest BCUT2D eigenvalue weighted by molar-refractivity contribution is -0.384. The Morgan fingerprint density at radius 3 is 2.29 bits per heavy atom. The van der Waals surface area contributed by atoms with E-state index in [4.69, 9.17) is 4.74 Å². The number of ether oxygens (including phenoxy) is 1. The van der Waals surface area contributed by atoms with Crippen LogP contribution >= 0.6 is 0 Å². The monoisotopic (exact) mass is 385 g/mol. The minimum atomic E-state index is -1.20. The van der Waals surface area contributed by atoms with E-state index in [0.717, 1.165) is 6.08 Å². The van der Waals surface area contributed by atoms with Gasteiger partial charge in [0, 0.05) is 24.3 Å². The molecule has 2 aromatic rings. The fourth-order valence-corrected chi connectivity index (χ4v) is 2.11. The number of rotatable bonds is 7. The molecule has 0 aliphatic rings. The predicted molar refractivity (Wildman–Crippen MR) is 99.4 cm³/mol. The van der Waals surface area contributed by atoms with Crippen molar-refractivity contribution < 1.29 is 24.2 Å². The van der Waals surface area contributed by atoms with Gasteiger partial charge < -0.3 is 10.1 Å². The Kier molecular flexibility index (Phi) is 6.53. The summed E-state index contributed by atoms with van der Waals surface area (Å²) >= 11 is 0. The van der Waals surface area contributed by atoms with Gasteiger partial charge in [-0.05, 0) is 36.8 Å². The van der Waals surface area contributed by atoms with Crippen LogP contribution in [0.5, 0.6) is 0 Å². The molecule has 0 unspecified atom stereocenters. The highest BCUT2D eigenvalue weighted by atomic mass is 16.6. The van der Waals surface area contributed by atoms with Crippen molar-refractivity contribution in [3.05, 3.63) is 80.4 Å². The van der Waals surface area contributed by atoms with Crippen LogP contribution in [0.15, 0.2) is 54.6 Å². The summed E-state index contributed by atoms with van der Waals surface area (Å²) in [5.74, 6) is -1.55. The summed E-state index contributed by atoms with van der Waals surface area (Å²) in [7, 11) is 0. The summed E-state index contributed by atoms with van der Waals surface area (Å²) in [5, 5.41) is 23.9. The van der Waals surface area contributed by atoms with E-state index in [0.29, 0.717) is 5.56 Å². The molecule has 0 saturated carbocycles. The number of para-hydroxylation sites is 2. The largest absolute Gasteiger partial charge is 0.449 e. The van der Waals surface area contributed by atoms with Gasteiger partial charge in [-0.1, -0.05) is 12.1 Å². The maximum Gasteiger partial charge on any atom is 0.331 e. The lowest BCUT2D eigenvalue weighted by atomic mass is 10.2. The maximum absolute atomic E-state index is 12.1. The third-order valence-corrected chi connectivity index (χ3v) is 3.54. The van der Waals surface area contributed by atoms with Gasteiger partial charge in [-0.2, -0.15) is 0 Å². The third kappa shape index (κ3) is 5.46. The number of anilines is 1. The van der Waals surface area contributed by atoms with Crippen LogP contribution in [0.25, 0.3) is 6.08 Å². The van der Waals surface area contributed by atoms with E-state index in [-0.39, 0.29) is 17.1 Å². The topological polar surface area (TPSA) is 142 Å². The van der Waals surface area contributed by atoms with E-state index in [1.807, 2.05) is 0 Å². The summed E-state index contributed by atoms with van der Waals surface area (Å²) in [6, 6.07) is 11.0. The zero-order chi connectivity index (χ0) is 20.7. The molecular weight excluding hydrogens is 370 g/mol. The molecule has 0 bridgehead atoms. The predicted octanol–water partition coefficient (Wildman–Crippen LogP) is 3.09. The number of hydrogen-bond acceptors (Lipinski definition) is 7. The Morgan fingerprint density at radius 1 is 1.04 bits per heavy atom. The van der Waals surface area contributed by atoms with Gasteiger partial charge >= 0.3 is 5.97 Å². The van der Waals surface area contributed by atoms with Crippen molar-refractivity contribution in [1.82, 2.24) is 0 Å². The van der Waals surface area contributed by atoms with E-state index in [9.17, 15) is 29.8 Å². The number of hydrogen-bond donors (Lipinski definition) is 1. The average Bonchev–Trinajstić information content (AvgIpc) is 2.66. The standard InChI is InChI=1S/C18H15N3O7/c1-12(18(23)19-15-4-2-3-5-16(15)21(26)27)28-17(22)11-8-13-6-9-14(10-7-13)20(24)25/h2-12H,1H3,(H,19,23)/b11-8+/t12-/m1/s1. The summed E-state index contributed by atoms with van der Waals surface area (Å²) in [6.07, 6.45) is 1.24. The van der Waals surface area contributed by atoms with Crippen LogP contribution in [0.3, 0.4) is 0 Å². The molecule has 0 aromatic heterocycles. The number of esters is 1. The summed E-state index contributed by atoms with van der Waals surface area (Å²) in [4.78, 5) is 44.3. The van der Waals surface area contributed by atoms with E-state index in [1.165, 1.54) is 61.5 Å². The highest BCUT2D eigenvalue weighted by molar-refractivity contribution is 5.98. The molecule has 0 radical (unpaired) electrons. The summed E-state index contributed by atoms with van der Waals surface area (Å²) in [5.41, 5.74) is 0.147. The van der Waals surface area contributed by atoms with E-state index in [1.54, 1.807) is 0 Å². The van der Waals surface area contributed by atoms with E-state index >= 15 is 0 Å². The smallest absolute Gasteiger partial charge is 0.331 e. The highest BCUT2D eigenvalue weighted by Gasteiger charge is 2.20. The normalized spacial score (nSPS) is 11.6. The Hall–Kier alpha value is -4.08. The first-order chi connectivity index (χ1) is 13.3. The van der Waals surface area contributed by atoms with Crippen molar-refractivity contribution in [3.63, 3.8) is 0 Å². The van der Waals surface area contributed by atoms with Gasteiger partial charge in [0.2, 0.25) is 0 Å². The van der Waals surface area contributed by atoms with Gasteiger partial charge in [-0.25, -0.2) is 4.79 Å². The lowest BCUT2D eigenvalue weighted by Crippen LogP contribution is -2.29. The van der Waals surface area contributed by atoms with Crippen molar-refractivity contribution in [2.75, 3.05) is 5.32 Å². The number of non-ortho nitro benzene ring substituents is 1. The molecule has 1 N–H and O–H groups in total. The number of nitrogens with one attached hydrogen (secondary N) is 1. The summed E-state index contributed by atoms with van der Waals surface area (Å²) in [6.45, 7) is 1.32. The molecule has 10 heteroatoms. The molecule has 0 aliphatic heterocycles. The Balaban J connectivity index is 1.95. The first-order valence-electron chi connectivity index (χ1n) is 7.95. The second-order valence-electron chi connectivity index (χ2n) is 5.52. The van der Waals surface area contributed by atoms with Gasteiger partial charge in [-0.3, -0.25) is 25.0 Å². The minimum absolute atomic E-state index is 0.0122. The lowest BCUT2D eigenvalue weighted by Gasteiger charge is -2.12. The molecule has 144 valence electrons. The number of carbonyl (C=O) groups excluding carboxylic acids is 2. The fourth-order valence-electron chi connectivity index (χ4n) is 2.11. The van der Waals surface area contributed by atoms with Gasteiger partial charge in [-0.15, -0.1) is 0 Å². The van der Waals surface area contributed by atoms with Gasteiger partial charge in [0.1, 0.15) is 5.69 Å². The van der Waals surface area contributed by atoms with Crippen LogP contribution in [0.1, 0.15) is 12.5 Å². The van der Waals surface area contributed by atoms with Gasteiger partial charge in [0.05, 0.1) is 9.85 Å². The second-order valence-corrected chi connectivity index (χ2v) is 5.52. The number of nitro groups is 2. The molecule has 0 aliphatic carbocycles. The van der Waals surface area contributed by atoms with Crippen LogP contribution in [0.4, 0.5) is 17.1 Å². The molecule has 0 heterocycles. The highest BCUT2D eigenvalue weighted by Crippen LogP contribution is 2.23. The SMILES string of the molecule is C[C@@H](OC(=O)/C=C/c1ccc([N+](=O)[O-])cc1)C(=O)Nc1ccccc1[N+](=O)[O-]. The van der Waals surface area contributed by atoms with Crippen LogP contribution in [-0.2, 0) is 14.3 Å². The number of amides is 1.